The highest BCUT2D eigenvalue weighted by Gasteiger charge is 2.38. The molecule has 0 radical (unpaired) electrons. The molecule has 3 rings (SSSR count). The van der Waals surface area contributed by atoms with Crippen molar-refractivity contribution in [3.8, 4) is 0 Å². The Kier molecular flexibility index (Phi) is 4.71. The van der Waals surface area contributed by atoms with Crippen LogP contribution in [0.3, 0.4) is 0 Å². The Morgan fingerprint density at radius 3 is 2.27 bits per heavy atom. The topological polar surface area (TPSA) is 40.6 Å². The summed E-state index contributed by atoms with van der Waals surface area (Å²) in [6, 6.07) is 11.3. The Morgan fingerprint density at radius 1 is 1.00 bits per heavy atom. The Morgan fingerprint density at radius 2 is 1.65 bits per heavy atom. The van der Waals surface area contributed by atoms with Crippen molar-refractivity contribution in [1.29, 1.82) is 0 Å². The van der Waals surface area contributed by atoms with Gasteiger partial charge in [0, 0.05) is 6.54 Å². The number of para-hydroxylation sites is 1. The number of alkyl halides is 3. The molecule has 1 fully saturated rings. The maximum atomic E-state index is 12.7. The third kappa shape index (κ3) is 3.42. The minimum Gasteiger partial charge on any atom is -0.310 e. The molecule has 0 saturated carbocycles. The van der Waals surface area contributed by atoms with Crippen LogP contribution in [0.1, 0.15) is 23.6 Å². The first-order valence-corrected chi connectivity index (χ1v) is 8.17. The largest absolute Gasteiger partial charge is 0.416 e. The van der Waals surface area contributed by atoms with E-state index in [9.17, 15) is 22.8 Å². The molecule has 4 nitrogen and oxygen atoms in total. The normalized spacial score (nSPS) is 15.1. The van der Waals surface area contributed by atoms with Crippen LogP contribution in [-0.2, 0) is 23.9 Å². The fourth-order valence-electron chi connectivity index (χ4n) is 2.96. The van der Waals surface area contributed by atoms with Crippen molar-refractivity contribution in [2.75, 3.05) is 11.4 Å². The van der Waals surface area contributed by atoms with Crippen LogP contribution in [0.2, 0.25) is 0 Å². The first-order valence-electron chi connectivity index (χ1n) is 8.17. The number of amides is 3. The molecule has 0 aromatic heterocycles. The minimum atomic E-state index is -4.40. The van der Waals surface area contributed by atoms with Crippen molar-refractivity contribution in [2.45, 2.75) is 26.1 Å². The van der Waals surface area contributed by atoms with Crippen molar-refractivity contribution in [2.24, 2.45) is 0 Å². The Bertz CT molecular complexity index is 831. The summed E-state index contributed by atoms with van der Waals surface area (Å²) in [5, 5.41) is 0. The molecule has 2 aromatic carbocycles. The number of rotatable bonds is 4. The number of aryl methyl sites for hydroxylation is 1. The van der Waals surface area contributed by atoms with E-state index in [1.807, 2.05) is 19.1 Å². The van der Waals surface area contributed by atoms with Crippen molar-refractivity contribution >= 4 is 17.6 Å². The van der Waals surface area contributed by atoms with Gasteiger partial charge in [0.1, 0.15) is 6.54 Å². The van der Waals surface area contributed by atoms with E-state index in [-0.39, 0.29) is 19.0 Å². The number of carbonyl (C=O) groups is 2. The van der Waals surface area contributed by atoms with E-state index in [1.165, 1.54) is 17.0 Å². The fourth-order valence-corrected chi connectivity index (χ4v) is 2.96. The van der Waals surface area contributed by atoms with Gasteiger partial charge in [0.15, 0.2) is 0 Å². The van der Waals surface area contributed by atoms with Crippen LogP contribution in [0, 0.1) is 0 Å². The monoisotopic (exact) mass is 362 g/mol. The number of anilines is 1. The van der Waals surface area contributed by atoms with Crippen LogP contribution in [-0.4, -0.2) is 23.4 Å². The number of hydrogen-bond donors (Lipinski definition) is 0. The molecule has 0 atom stereocenters. The van der Waals surface area contributed by atoms with E-state index in [0.29, 0.717) is 17.7 Å². The van der Waals surface area contributed by atoms with Crippen molar-refractivity contribution in [3.05, 3.63) is 65.2 Å². The standard InChI is InChI=1S/C19H17F3N2O2/c1-2-14-5-3-4-6-16(14)24-17(25)12-23(18(24)26)11-13-7-9-15(10-8-13)19(20,21)22/h3-10H,2,11-12H2,1H3. The molecule has 0 N–H and O–H groups in total. The predicted molar refractivity (Wildman–Crippen MR) is 90.6 cm³/mol. The number of carbonyl (C=O) groups excluding carboxylic acids is 2. The average Bonchev–Trinajstić information content (AvgIpc) is 2.88. The van der Waals surface area contributed by atoms with Crippen LogP contribution >= 0.6 is 0 Å². The molecule has 0 bridgehead atoms. The summed E-state index contributed by atoms with van der Waals surface area (Å²) in [5.41, 5.74) is 1.22. The second-order valence-electron chi connectivity index (χ2n) is 6.04. The molecular formula is C19H17F3N2O2. The summed E-state index contributed by atoms with van der Waals surface area (Å²) in [6.45, 7) is 1.91. The highest BCUT2D eigenvalue weighted by Crippen LogP contribution is 2.30. The first-order chi connectivity index (χ1) is 12.3. The number of urea groups is 1. The third-order valence-corrected chi connectivity index (χ3v) is 4.31. The van der Waals surface area contributed by atoms with Crippen molar-refractivity contribution in [1.82, 2.24) is 4.90 Å². The zero-order valence-electron chi connectivity index (χ0n) is 14.1. The van der Waals surface area contributed by atoms with E-state index in [4.69, 9.17) is 0 Å². The summed E-state index contributed by atoms with van der Waals surface area (Å²) in [7, 11) is 0. The lowest BCUT2D eigenvalue weighted by atomic mass is 10.1. The fraction of sp³-hybridized carbons (Fsp3) is 0.263. The average molecular weight is 362 g/mol. The van der Waals surface area contributed by atoms with Gasteiger partial charge in [0.05, 0.1) is 11.3 Å². The quantitative estimate of drug-likeness (QED) is 0.764. The van der Waals surface area contributed by atoms with E-state index >= 15 is 0 Å². The highest BCUT2D eigenvalue weighted by molar-refractivity contribution is 6.20. The molecule has 0 unspecified atom stereocenters. The van der Waals surface area contributed by atoms with Gasteiger partial charge in [-0.15, -0.1) is 0 Å². The Labute approximate surface area is 148 Å². The van der Waals surface area contributed by atoms with Gasteiger partial charge < -0.3 is 4.90 Å². The van der Waals surface area contributed by atoms with E-state index in [0.717, 1.165) is 22.6 Å². The third-order valence-electron chi connectivity index (χ3n) is 4.31. The van der Waals surface area contributed by atoms with E-state index in [1.54, 1.807) is 12.1 Å². The number of benzene rings is 2. The van der Waals surface area contributed by atoms with Crippen LogP contribution in [0.25, 0.3) is 0 Å². The molecule has 2 aromatic rings. The van der Waals surface area contributed by atoms with E-state index in [2.05, 4.69) is 0 Å². The van der Waals surface area contributed by atoms with Crippen LogP contribution in [0.15, 0.2) is 48.5 Å². The number of halogens is 3. The summed E-state index contributed by atoms with van der Waals surface area (Å²) in [5.74, 6) is -0.345. The van der Waals surface area contributed by atoms with Crippen LogP contribution < -0.4 is 4.90 Å². The highest BCUT2D eigenvalue weighted by atomic mass is 19.4. The number of imide groups is 1. The van der Waals surface area contributed by atoms with Gasteiger partial charge in [-0.25, -0.2) is 9.69 Å². The SMILES string of the molecule is CCc1ccccc1N1C(=O)CN(Cc2ccc(C(F)(F)F)cc2)C1=O. The van der Waals surface area contributed by atoms with Gasteiger partial charge in [-0.3, -0.25) is 4.79 Å². The molecule has 1 saturated heterocycles. The molecule has 136 valence electrons. The molecule has 3 amide bonds. The zero-order chi connectivity index (χ0) is 18.9. The summed E-state index contributed by atoms with van der Waals surface area (Å²) >= 11 is 0. The molecule has 1 aliphatic heterocycles. The number of nitrogens with zero attached hydrogens (tertiary/aromatic N) is 2. The van der Waals surface area contributed by atoms with Gasteiger partial charge in [0.25, 0.3) is 5.91 Å². The maximum absolute atomic E-state index is 12.7. The molecule has 26 heavy (non-hydrogen) atoms. The maximum Gasteiger partial charge on any atom is 0.416 e. The molecule has 1 aliphatic rings. The van der Waals surface area contributed by atoms with Crippen LogP contribution in [0.4, 0.5) is 23.7 Å². The van der Waals surface area contributed by atoms with Gasteiger partial charge >= 0.3 is 12.2 Å². The van der Waals surface area contributed by atoms with Gasteiger partial charge in [-0.1, -0.05) is 37.3 Å². The lowest BCUT2D eigenvalue weighted by Gasteiger charge is -2.19. The van der Waals surface area contributed by atoms with Gasteiger partial charge in [-0.2, -0.15) is 13.2 Å². The molecular weight excluding hydrogens is 345 g/mol. The van der Waals surface area contributed by atoms with E-state index < -0.39 is 17.8 Å². The van der Waals surface area contributed by atoms with Crippen molar-refractivity contribution < 1.29 is 22.8 Å². The molecule has 1 heterocycles. The second-order valence-corrected chi connectivity index (χ2v) is 6.04. The second kappa shape index (κ2) is 6.82. The minimum absolute atomic E-state index is 0.0769. The summed E-state index contributed by atoms with van der Waals surface area (Å²) in [4.78, 5) is 27.5. The lowest BCUT2D eigenvalue weighted by Crippen LogP contribution is -2.33. The zero-order valence-corrected chi connectivity index (χ0v) is 14.1. The molecule has 0 spiro atoms. The Balaban J connectivity index is 1.79. The predicted octanol–water partition coefficient (Wildman–Crippen LogP) is 4.24. The van der Waals surface area contributed by atoms with Crippen molar-refractivity contribution in [3.63, 3.8) is 0 Å². The summed E-state index contributed by atoms with van der Waals surface area (Å²) < 4.78 is 37.9. The smallest absolute Gasteiger partial charge is 0.310 e. The number of hydrogen-bond acceptors (Lipinski definition) is 2. The van der Waals surface area contributed by atoms with Gasteiger partial charge in [0.2, 0.25) is 0 Å². The first kappa shape index (κ1) is 18.0. The van der Waals surface area contributed by atoms with Gasteiger partial charge in [-0.05, 0) is 35.7 Å². The summed E-state index contributed by atoms with van der Waals surface area (Å²) in [6.07, 6.45) is -3.73. The molecule has 0 aliphatic carbocycles. The Hall–Kier alpha value is -2.83. The lowest BCUT2D eigenvalue weighted by molar-refractivity contribution is -0.137. The molecule has 7 heteroatoms. The van der Waals surface area contributed by atoms with Crippen LogP contribution in [0.5, 0.6) is 0 Å².